The molecular formula is C14H29N3O2. The molecule has 1 heterocycles. The van der Waals surface area contributed by atoms with Crippen LogP contribution in [0.25, 0.3) is 0 Å². The molecule has 1 fully saturated rings. The Kier molecular flexibility index (Phi) is 8.79. The number of nitrogens with zero attached hydrogens (tertiary/aromatic N) is 1. The quantitative estimate of drug-likeness (QED) is 0.603. The van der Waals surface area contributed by atoms with E-state index < -0.39 is 0 Å². The molecule has 5 nitrogen and oxygen atoms in total. The first-order valence-corrected chi connectivity index (χ1v) is 7.40. The topological polar surface area (TPSA) is 53.6 Å². The maximum absolute atomic E-state index is 11.7. The van der Waals surface area contributed by atoms with Gasteiger partial charge in [-0.1, -0.05) is 6.42 Å². The van der Waals surface area contributed by atoms with Gasteiger partial charge in [0.25, 0.3) is 0 Å². The van der Waals surface area contributed by atoms with Crippen LogP contribution in [0.4, 0.5) is 0 Å². The van der Waals surface area contributed by atoms with Gasteiger partial charge in [0.05, 0.1) is 6.54 Å². The van der Waals surface area contributed by atoms with Crippen LogP contribution < -0.4 is 10.6 Å². The number of rotatable bonds is 9. The van der Waals surface area contributed by atoms with Gasteiger partial charge >= 0.3 is 0 Å². The minimum atomic E-state index is 0.107. The Morgan fingerprint density at radius 2 is 2.32 bits per heavy atom. The zero-order valence-electron chi connectivity index (χ0n) is 12.4. The first-order valence-electron chi connectivity index (χ1n) is 7.40. The van der Waals surface area contributed by atoms with Crippen LogP contribution >= 0.6 is 0 Å². The molecular weight excluding hydrogens is 242 g/mol. The second-order valence-corrected chi connectivity index (χ2v) is 5.37. The Hall–Kier alpha value is -0.650. The molecule has 0 bridgehead atoms. The van der Waals surface area contributed by atoms with Gasteiger partial charge in [-0.25, -0.2) is 0 Å². The number of piperidine rings is 1. The molecule has 5 heteroatoms. The lowest BCUT2D eigenvalue weighted by Crippen LogP contribution is -2.40. The molecule has 0 aliphatic carbocycles. The third-order valence-electron chi connectivity index (χ3n) is 3.53. The molecule has 1 aliphatic rings. The summed E-state index contributed by atoms with van der Waals surface area (Å²) in [5.41, 5.74) is 0. The van der Waals surface area contributed by atoms with Crippen molar-refractivity contribution in [1.82, 2.24) is 15.5 Å². The van der Waals surface area contributed by atoms with Crippen LogP contribution in [0.15, 0.2) is 0 Å². The van der Waals surface area contributed by atoms with Crippen LogP contribution in [0.5, 0.6) is 0 Å². The van der Waals surface area contributed by atoms with E-state index >= 15 is 0 Å². The number of hydrogen-bond donors (Lipinski definition) is 2. The Labute approximate surface area is 117 Å². The van der Waals surface area contributed by atoms with E-state index in [1.165, 1.54) is 19.3 Å². The summed E-state index contributed by atoms with van der Waals surface area (Å²) < 4.78 is 4.94. The zero-order chi connectivity index (χ0) is 13.9. The number of methoxy groups -OCH3 is 1. The molecule has 1 aliphatic heterocycles. The van der Waals surface area contributed by atoms with Crippen molar-refractivity contribution in [1.29, 1.82) is 0 Å². The monoisotopic (exact) mass is 271 g/mol. The average molecular weight is 271 g/mol. The van der Waals surface area contributed by atoms with Crippen LogP contribution in [0.2, 0.25) is 0 Å². The van der Waals surface area contributed by atoms with Gasteiger partial charge in [0, 0.05) is 26.3 Å². The van der Waals surface area contributed by atoms with E-state index in [0.717, 1.165) is 25.9 Å². The Bertz CT molecular complexity index is 243. The Morgan fingerprint density at radius 3 is 3.00 bits per heavy atom. The summed E-state index contributed by atoms with van der Waals surface area (Å²) >= 11 is 0. The maximum Gasteiger partial charge on any atom is 0.234 e. The third kappa shape index (κ3) is 8.18. The van der Waals surface area contributed by atoms with Crippen molar-refractivity contribution in [2.45, 2.75) is 38.1 Å². The molecule has 19 heavy (non-hydrogen) atoms. The molecule has 1 unspecified atom stereocenters. The fourth-order valence-corrected chi connectivity index (χ4v) is 2.37. The molecule has 0 spiro atoms. The molecule has 1 amide bonds. The second-order valence-electron chi connectivity index (χ2n) is 5.37. The summed E-state index contributed by atoms with van der Waals surface area (Å²) in [6, 6.07) is 0.640. The molecule has 0 saturated carbocycles. The lowest BCUT2D eigenvalue weighted by molar-refractivity contribution is -0.122. The molecule has 1 atom stereocenters. The van der Waals surface area contributed by atoms with E-state index in [0.29, 0.717) is 25.7 Å². The molecule has 2 N–H and O–H groups in total. The van der Waals surface area contributed by atoms with Gasteiger partial charge in [-0.05, 0) is 45.8 Å². The number of carbonyl (C=O) groups excluding carboxylic acids is 1. The fraction of sp³-hybridized carbons (Fsp3) is 0.929. The van der Waals surface area contributed by atoms with Gasteiger partial charge < -0.3 is 15.4 Å². The van der Waals surface area contributed by atoms with Crippen LogP contribution in [-0.4, -0.2) is 63.8 Å². The van der Waals surface area contributed by atoms with E-state index in [2.05, 4.69) is 15.5 Å². The van der Waals surface area contributed by atoms with Crippen LogP contribution in [-0.2, 0) is 9.53 Å². The summed E-state index contributed by atoms with van der Waals surface area (Å²) in [5.74, 6) is 0.107. The van der Waals surface area contributed by atoms with Gasteiger partial charge in [-0.2, -0.15) is 0 Å². The number of carbonyl (C=O) groups is 1. The standard InChI is InChI=1S/C14H29N3O2/c1-17(10-7-13-6-3-4-8-15-13)12-14(18)16-9-5-11-19-2/h13,15H,3-12H2,1-2H3,(H,16,18). The summed E-state index contributed by atoms with van der Waals surface area (Å²) in [6.45, 7) is 4.01. The van der Waals surface area contributed by atoms with E-state index in [1.54, 1.807) is 7.11 Å². The third-order valence-corrected chi connectivity index (χ3v) is 3.53. The van der Waals surface area contributed by atoms with Gasteiger partial charge in [0.15, 0.2) is 0 Å². The smallest absolute Gasteiger partial charge is 0.234 e. The highest BCUT2D eigenvalue weighted by Gasteiger charge is 2.13. The SMILES string of the molecule is COCCCNC(=O)CN(C)CCC1CCCCN1. The van der Waals surface area contributed by atoms with Crippen molar-refractivity contribution in [2.75, 3.05) is 46.9 Å². The normalized spacial score (nSPS) is 19.6. The molecule has 112 valence electrons. The first-order chi connectivity index (χ1) is 9.22. The van der Waals surface area contributed by atoms with Gasteiger partial charge in [-0.3, -0.25) is 9.69 Å². The van der Waals surface area contributed by atoms with Crippen molar-refractivity contribution < 1.29 is 9.53 Å². The van der Waals surface area contributed by atoms with Crippen molar-refractivity contribution in [3.05, 3.63) is 0 Å². The van der Waals surface area contributed by atoms with Crippen molar-refractivity contribution in [3.63, 3.8) is 0 Å². The van der Waals surface area contributed by atoms with Crippen molar-refractivity contribution in [2.24, 2.45) is 0 Å². The first kappa shape index (κ1) is 16.4. The summed E-state index contributed by atoms with van der Waals surface area (Å²) in [6.07, 6.45) is 5.92. The average Bonchev–Trinajstić information content (AvgIpc) is 2.42. The molecule has 0 aromatic rings. The van der Waals surface area contributed by atoms with Gasteiger partial charge in [0.2, 0.25) is 5.91 Å². The van der Waals surface area contributed by atoms with Crippen LogP contribution in [0.1, 0.15) is 32.1 Å². The maximum atomic E-state index is 11.7. The van der Waals surface area contributed by atoms with Crippen molar-refractivity contribution in [3.8, 4) is 0 Å². The predicted molar refractivity (Wildman–Crippen MR) is 77.3 cm³/mol. The molecule has 0 aromatic carbocycles. The second kappa shape index (κ2) is 10.2. The summed E-state index contributed by atoms with van der Waals surface area (Å²) in [4.78, 5) is 13.8. The number of likely N-dealkylation sites (N-methyl/N-ethyl adjacent to an activating group) is 1. The minimum Gasteiger partial charge on any atom is -0.385 e. The molecule has 0 radical (unpaired) electrons. The van der Waals surface area contributed by atoms with E-state index in [9.17, 15) is 4.79 Å². The van der Waals surface area contributed by atoms with E-state index in [4.69, 9.17) is 4.74 Å². The van der Waals surface area contributed by atoms with E-state index in [-0.39, 0.29) is 5.91 Å². The minimum absolute atomic E-state index is 0.107. The highest BCUT2D eigenvalue weighted by molar-refractivity contribution is 5.77. The Morgan fingerprint density at radius 1 is 1.47 bits per heavy atom. The van der Waals surface area contributed by atoms with Crippen molar-refractivity contribution >= 4 is 5.91 Å². The fourth-order valence-electron chi connectivity index (χ4n) is 2.37. The summed E-state index contributed by atoms with van der Waals surface area (Å²) in [5, 5.41) is 6.45. The number of ether oxygens (including phenoxy) is 1. The zero-order valence-corrected chi connectivity index (χ0v) is 12.4. The number of hydrogen-bond acceptors (Lipinski definition) is 4. The number of amides is 1. The van der Waals surface area contributed by atoms with Crippen LogP contribution in [0.3, 0.4) is 0 Å². The summed E-state index contributed by atoms with van der Waals surface area (Å²) in [7, 11) is 3.69. The number of nitrogens with one attached hydrogen (secondary N) is 2. The highest BCUT2D eigenvalue weighted by atomic mass is 16.5. The predicted octanol–water partition coefficient (Wildman–Crippen LogP) is 0.603. The van der Waals surface area contributed by atoms with Gasteiger partial charge in [-0.15, -0.1) is 0 Å². The van der Waals surface area contributed by atoms with E-state index in [1.807, 2.05) is 7.05 Å². The highest BCUT2D eigenvalue weighted by Crippen LogP contribution is 2.10. The van der Waals surface area contributed by atoms with Crippen LogP contribution in [0, 0.1) is 0 Å². The van der Waals surface area contributed by atoms with Gasteiger partial charge in [0.1, 0.15) is 0 Å². The molecule has 1 saturated heterocycles. The Balaban J connectivity index is 2.02. The molecule has 1 rings (SSSR count). The molecule has 0 aromatic heterocycles. The lowest BCUT2D eigenvalue weighted by Gasteiger charge is -2.25. The lowest BCUT2D eigenvalue weighted by atomic mass is 10.0. The largest absolute Gasteiger partial charge is 0.385 e.